The summed E-state index contributed by atoms with van der Waals surface area (Å²) in [4.78, 5) is 16.0. The maximum atomic E-state index is 11.7. The average molecular weight is 242 g/mol. The molecule has 0 saturated heterocycles. The number of carbonyl (C=O) groups is 1. The van der Waals surface area contributed by atoms with Crippen molar-refractivity contribution in [2.24, 2.45) is 0 Å². The smallest absolute Gasteiger partial charge is 0.338 e. The van der Waals surface area contributed by atoms with E-state index in [-0.39, 0.29) is 12.6 Å². The van der Waals surface area contributed by atoms with Crippen LogP contribution in [0.2, 0.25) is 0 Å². The van der Waals surface area contributed by atoms with Crippen LogP contribution in [0.1, 0.15) is 21.7 Å². The number of nitrogens with zero attached hydrogens (tertiary/aromatic N) is 1. The Morgan fingerprint density at radius 2 is 1.94 bits per heavy atom. The molecule has 2 N–H and O–H groups in total. The van der Waals surface area contributed by atoms with E-state index in [1.165, 1.54) is 0 Å². The van der Waals surface area contributed by atoms with Crippen molar-refractivity contribution in [3.63, 3.8) is 0 Å². The Hall–Kier alpha value is -2.36. The molecule has 2 aromatic rings. The van der Waals surface area contributed by atoms with Gasteiger partial charge in [0.15, 0.2) is 0 Å². The van der Waals surface area contributed by atoms with Crippen LogP contribution >= 0.6 is 0 Å². The number of rotatable bonds is 3. The van der Waals surface area contributed by atoms with Crippen molar-refractivity contribution in [2.45, 2.75) is 13.5 Å². The van der Waals surface area contributed by atoms with Crippen LogP contribution in [0.5, 0.6) is 0 Å². The van der Waals surface area contributed by atoms with Gasteiger partial charge in [-0.1, -0.05) is 6.07 Å². The molecule has 0 aliphatic rings. The molecule has 0 aliphatic heterocycles. The highest BCUT2D eigenvalue weighted by atomic mass is 16.5. The van der Waals surface area contributed by atoms with E-state index in [1.54, 1.807) is 24.3 Å². The number of hydrogen-bond donors (Lipinski definition) is 1. The predicted molar refractivity (Wildman–Crippen MR) is 68.9 cm³/mol. The van der Waals surface area contributed by atoms with E-state index in [9.17, 15) is 4.79 Å². The summed E-state index contributed by atoms with van der Waals surface area (Å²) in [6, 6.07) is 12.2. The zero-order chi connectivity index (χ0) is 13.0. The third-order valence-corrected chi connectivity index (χ3v) is 2.44. The molecule has 0 saturated carbocycles. The molecule has 0 amide bonds. The van der Waals surface area contributed by atoms with E-state index in [1.807, 2.05) is 25.1 Å². The average Bonchev–Trinajstić information content (AvgIpc) is 2.37. The van der Waals surface area contributed by atoms with Gasteiger partial charge in [0, 0.05) is 11.4 Å². The molecule has 0 atom stereocenters. The molecule has 0 bridgehead atoms. The number of nitrogen functional groups attached to an aromatic ring is 1. The molecule has 0 spiro atoms. The Bertz CT molecular complexity index is 550. The van der Waals surface area contributed by atoms with Crippen LogP contribution in [0.15, 0.2) is 42.5 Å². The summed E-state index contributed by atoms with van der Waals surface area (Å²) in [6.45, 7) is 2.07. The molecule has 0 unspecified atom stereocenters. The maximum Gasteiger partial charge on any atom is 0.338 e. The van der Waals surface area contributed by atoms with E-state index in [0.717, 1.165) is 11.4 Å². The van der Waals surface area contributed by atoms with Gasteiger partial charge in [-0.15, -0.1) is 0 Å². The first-order valence-corrected chi connectivity index (χ1v) is 5.60. The first-order chi connectivity index (χ1) is 8.65. The fourth-order valence-corrected chi connectivity index (χ4v) is 1.52. The Morgan fingerprint density at radius 1 is 1.22 bits per heavy atom. The minimum atomic E-state index is -0.377. The summed E-state index contributed by atoms with van der Waals surface area (Å²) < 4.78 is 5.17. The number of nitrogens with two attached hydrogens (primary N) is 1. The molecule has 0 radical (unpaired) electrons. The molecule has 4 heteroatoms. The quantitative estimate of drug-likeness (QED) is 0.662. The number of carbonyl (C=O) groups excluding carboxylic acids is 1. The Balaban J connectivity index is 1.98. The number of benzene rings is 1. The number of pyridine rings is 1. The Morgan fingerprint density at radius 3 is 2.61 bits per heavy atom. The van der Waals surface area contributed by atoms with Gasteiger partial charge >= 0.3 is 5.97 Å². The highest BCUT2D eigenvalue weighted by Crippen LogP contribution is 2.08. The Labute approximate surface area is 105 Å². The van der Waals surface area contributed by atoms with Crippen LogP contribution in [0.4, 0.5) is 5.69 Å². The summed E-state index contributed by atoms with van der Waals surface area (Å²) in [7, 11) is 0. The van der Waals surface area contributed by atoms with Crippen LogP contribution in [0, 0.1) is 6.92 Å². The Kier molecular flexibility index (Phi) is 3.57. The molecule has 0 aliphatic carbocycles. The lowest BCUT2D eigenvalue weighted by Crippen LogP contribution is -2.06. The zero-order valence-corrected chi connectivity index (χ0v) is 10.1. The molecule has 0 fully saturated rings. The van der Waals surface area contributed by atoms with Crippen LogP contribution < -0.4 is 5.73 Å². The van der Waals surface area contributed by atoms with E-state index in [4.69, 9.17) is 10.5 Å². The summed E-state index contributed by atoms with van der Waals surface area (Å²) in [5.41, 5.74) is 8.28. The standard InChI is InChI=1S/C14H14N2O2/c1-10-3-2-4-13(16-10)9-18-14(17)11-5-7-12(15)8-6-11/h2-8H,9,15H2,1H3. The molecular formula is C14H14N2O2. The second-order valence-corrected chi connectivity index (χ2v) is 3.97. The number of aryl methyl sites for hydroxylation is 1. The lowest BCUT2D eigenvalue weighted by molar-refractivity contribution is 0.0467. The largest absolute Gasteiger partial charge is 0.456 e. The van der Waals surface area contributed by atoms with Gasteiger partial charge in [0.05, 0.1) is 11.3 Å². The normalized spacial score (nSPS) is 10.1. The number of esters is 1. The lowest BCUT2D eigenvalue weighted by Gasteiger charge is -2.05. The SMILES string of the molecule is Cc1cccc(COC(=O)c2ccc(N)cc2)n1. The van der Waals surface area contributed by atoms with Crippen molar-refractivity contribution in [1.29, 1.82) is 0 Å². The van der Waals surface area contributed by atoms with Crippen LogP contribution in [0.25, 0.3) is 0 Å². The molecule has 1 aromatic heterocycles. The minimum Gasteiger partial charge on any atom is -0.456 e. The summed E-state index contributed by atoms with van der Waals surface area (Å²) >= 11 is 0. The first kappa shape index (κ1) is 12.1. The van der Waals surface area contributed by atoms with Crippen LogP contribution in [-0.4, -0.2) is 11.0 Å². The van der Waals surface area contributed by atoms with Gasteiger partial charge in [0.2, 0.25) is 0 Å². The first-order valence-electron chi connectivity index (χ1n) is 5.60. The molecule has 18 heavy (non-hydrogen) atoms. The van der Waals surface area contributed by atoms with Gasteiger partial charge in [-0.3, -0.25) is 4.98 Å². The summed E-state index contributed by atoms with van der Waals surface area (Å²) in [6.07, 6.45) is 0. The predicted octanol–water partition coefficient (Wildman–Crippen LogP) is 2.33. The summed E-state index contributed by atoms with van der Waals surface area (Å²) in [5, 5.41) is 0. The minimum absolute atomic E-state index is 0.172. The molecular weight excluding hydrogens is 228 g/mol. The van der Waals surface area contributed by atoms with Crippen molar-refractivity contribution >= 4 is 11.7 Å². The second-order valence-electron chi connectivity index (χ2n) is 3.97. The number of anilines is 1. The van der Waals surface area contributed by atoms with Crippen molar-refractivity contribution in [1.82, 2.24) is 4.98 Å². The zero-order valence-electron chi connectivity index (χ0n) is 10.1. The van der Waals surface area contributed by atoms with Crippen molar-refractivity contribution in [2.75, 3.05) is 5.73 Å². The van der Waals surface area contributed by atoms with E-state index in [2.05, 4.69) is 4.98 Å². The molecule has 1 heterocycles. The van der Waals surface area contributed by atoms with Gasteiger partial charge < -0.3 is 10.5 Å². The van der Waals surface area contributed by atoms with Gasteiger partial charge in [-0.2, -0.15) is 0 Å². The van der Waals surface area contributed by atoms with Crippen LogP contribution in [-0.2, 0) is 11.3 Å². The third kappa shape index (κ3) is 3.07. The second kappa shape index (κ2) is 5.31. The molecule has 4 nitrogen and oxygen atoms in total. The number of aromatic nitrogens is 1. The van der Waals surface area contributed by atoms with Crippen molar-refractivity contribution in [3.05, 3.63) is 59.4 Å². The molecule has 1 aromatic carbocycles. The van der Waals surface area contributed by atoms with Gasteiger partial charge in [-0.25, -0.2) is 4.79 Å². The van der Waals surface area contributed by atoms with E-state index < -0.39 is 0 Å². The highest BCUT2D eigenvalue weighted by Gasteiger charge is 2.07. The monoisotopic (exact) mass is 242 g/mol. The van der Waals surface area contributed by atoms with Crippen molar-refractivity contribution in [3.8, 4) is 0 Å². The fraction of sp³-hybridized carbons (Fsp3) is 0.143. The lowest BCUT2D eigenvalue weighted by atomic mass is 10.2. The van der Waals surface area contributed by atoms with Gasteiger partial charge in [0.1, 0.15) is 6.61 Å². The van der Waals surface area contributed by atoms with Crippen molar-refractivity contribution < 1.29 is 9.53 Å². The number of hydrogen-bond acceptors (Lipinski definition) is 4. The highest BCUT2D eigenvalue weighted by molar-refractivity contribution is 5.89. The third-order valence-electron chi connectivity index (χ3n) is 2.44. The van der Waals surface area contributed by atoms with Gasteiger partial charge in [0.25, 0.3) is 0 Å². The van der Waals surface area contributed by atoms with E-state index in [0.29, 0.717) is 11.3 Å². The fourth-order valence-electron chi connectivity index (χ4n) is 1.52. The maximum absolute atomic E-state index is 11.7. The van der Waals surface area contributed by atoms with Crippen LogP contribution in [0.3, 0.4) is 0 Å². The molecule has 2 rings (SSSR count). The number of ether oxygens (including phenoxy) is 1. The van der Waals surface area contributed by atoms with Gasteiger partial charge in [-0.05, 0) is 43.3 Å². The topological polar surface area (TPSA) is 65.2 Å². The summed E-state index contributed by atoms with van der Waals surface area (Å²) in [5.74, 6) is -0.377. The molecule has 92 valence electrons. The van der Waals surface area contributed by atoms with E-state index >= 15 is 0 Å².